The number of amides is 1. The summed E-state index contributed by atoms with van der Waals surface area (Å²) in [6, 6.07) is 14.8. The first-order chi connectivity index (χ1) is 12.2. The van der Waals surface area contributed by atoms with Crippen LogP contribution in [0.2, 0.25) is 0 Å². The van der Waals surface area contributed by atoms with Gasteiger partial charge in [-0.1, -0.05) is 12.1 Å². The molecule has 0 aromatic heterocycles. The molecule has 0 saturated carbocycles. The molecule has 0 spiro atoms. The molecule has 0 saturated heterocycles. The molecule has 2 aromatic rings. The number of hydrogen-bond acceptors (Lipinski definition) is 4. The van der Waals surface area contributed by atoms with Gasteiger partial charge in [-0.25, -0.2) is 4.79 Å². The van der Waals surface area contributed by atoms with Gasteiger partial charge in [0.25, 0.3) is 0 Å². The van der Waals surface area contributed by atoms with E-state index in [0.717, 1.165) is 22.7 Å². The summed E-state index contributed by atoms with van der Waals surface area (Å²) in [7, 11) is 3.24. The van der Waals surface area contributed by atoms with Crippen molar-refractivity contribution in [2.75, 3.05) is 19.1 Å². The molecular weight excluding hydrogens is 330 g/mol. The van der Waals surface area contributed by atoms with E-state index < -0.39 is 11.7 Å². The largest absolute Gasteiger partial charge is 0.497 e. The minimum atomic E-state index is -0.582. The standard InChI is InChI=1S/C21H27NO4/c1-15(16-7-11-18(24-5)12-8-16)22(20(23)26-21(2,3)4)17-9-13-19(25-6)14-10-17/h7-15H,1-6H3/t15-/m0/s1. The molecule has 26 heavy (non-hydrogen) atoms. The molecule has 0 unspecified atom stereocenters. The summed E-state index contributed by atoms with van der Waals surface area (Å²) in [6.07, 6.45) is -0.397. The molecule has 2 aromatic carbocycles. The first kappa shape index (κ1) is 19.6. The van der Waals surface area contributed by atoms with Crippen molar-refractivity contribution in [3.8, 4) is 11.5 Å². The zero-order chi connectivity index (χ0) is 19.3. The van der Waals surface area contributed by atoms with Crippen LogP contribution in [0.1, 0.15) is 39.3 Å². The van der Waals surface area contributed by atoms with Crippen molar-refractivity contribution < 1.29 is 19.0 Å². The van der Waals surface area contributed by atoms with Crippen LogP contribution < -0.4 is 14.4 Å². The van der Waals surface area contributed by atoms with Gasteiger partial charge in [0, 0.05) is 5.69 Å². The van der Waals surface area contributed by atoms with Gasteiger partial charge in [0.05, 0.1) is 20.3 Å². The van der Waals surface area contributed by atoms with Gasteiger partial charge < -0.3 is 14.2 Å². The average molecular weight is 357 g/mol. The Balaban J connectivity index is 2.38. The first-order valence-corrected chi connectivity index (χ1v) is 8.55. The lowest BCUT2D eigenvalue weighted by Gasteiger charge is -2.32. The summed E-state index contributed by atoms with van der Waals surface area (Å²) in [5, 5.41) is 0. The third kappa shape index (κ3) is 4.91. The predicted molar refractivity (Wildman–Crippen MR) is 103 cm³/mol. The molecule has 0 N–H and O–H groups in total. The normalized spacial score (nSPS) is 12.2. The topological polar surface area (TPSA) is 48.0 Å². The van der Waals surface area contributed by atoms with Crippen LogP contribution in [0.25, 0.3) is 0 Å². The molecule has 0 aliphatic heterocycles. The van der Waals surface area contributed by atoms with E-state index in [1.807, 2.05) is 76.2 Å². The van der Waals surface area contributed by atoms with Crippen LogP contribution in [0.3, 0.4) is 0 Å². The van der Waals surface area contributed by atoms with E-state index in [1.165, 1.54) is 0 Å². The van der Waals surface area contributed by atoms with E-state index in [4.69, 9.17) is 14.2 Å². The Kier molecular flexibility index (Phi) is 6.14. The summed E-state index contributed by atoms with van der Waals surface area (Å²) in [6.45, 7) is 7.54. The van der Waals surface area contributed by atoms with Crippen molar-refractivity contribution in [1.29, 1.82) is 0 Å². The lowest BCUT2D eigenvalue weighted by molar-refractivity contribution is 0.0567. The minimum absolute atomic E-state index is 0.218. The van der Waals surface area contributed by atoms with E-state index in [-0.39, 0.29) is 6.04 Å². The monoisotopic (exact) mass is 357 g/mol. The second-order valence-corrected chi connectivity index (χ2v) is 7.00. The molecule has 0 aliphatic carbocycles. The lowest BCUT2D eigenvalue weighted by atomic mass is 10.1. The van der Waals surface area contributed by atoms with E-state index >= 15 is 0 Å². The highest BCUT2D eigenvalue weighted by atomic mass is 16.6. The fourth-order valence-corrected chi connectivity index (χ4v) is 2.57. The van der Waals surface area contributed by atoms with E-state index in [0.29, 0.717) is 0 Å². The smallest absolute Gasteiger partial charge is 0.415 e. The maximum absolute atomic E-state index is 12.9. The van der Waals surface area contributed by atoms with Gasteiger partial charge in [0.15, 0.2) is 0 Å². The quantitative estimate of drug-likeness (QED) is 0.737. The van der Waals surface area contributed by atoms with Crippen LogP contribution in [0, 0.1) is 0 Å². The Hall–Kier alpha value is -2.69. The van der Waals surface area contributed by atoms with Crippen molar-refractivity contribution in [3.05, 3.63) is 54.1 Å². The Morgan fingerprint density at radius 1 is 0.885 bits per heavy atom. The van der Waals surface area contributed by atoms with Gasteiger partial charge in [-0.2, -0.15) is 0 Å². The molecule has 0 fully saturated rings. The lowest BCUT2D eigenvalue weighted by Crippen LogP contribution is -2.38. The van der Waals surface area contributed by atoms with Gasteiger partial charge in [-0.05, 0) is 69.7 Å². The SMILES string of the molecule is COc1ccc([C@H](C)N(C(=O)OC(C)(C)C)c2ccc(OC)cc2)cc1. The van der Waals surface area contributed by atoms with Crippen LogP contribution in [-0.2, 0) is 4.74 Å². The Morgan fingerprint density at radius 3 is 1.77 bits per heavy atom. The number of rotatable bonds is 5. The maximum atomic E-state index is 12.9. The fourth-order valence-electron chi connectivity index (χ4n) is 2.57. The molecule has 0 radical (unpaired) electrons. The number of anilines is 1. The summed E-state index contributed by atoms with van der Waals surface area (Å²) in [5.41, 5.74) is 1.14. The molecular formula is C21H27NO4. The number of carbonyl (C=O) groups excluding carboxylic acids is 1. The van der Waals surface area contributed by atoms with Crippen molar-refractivity contribution in [3.63, 3.8) is 0 Å². The zero-order valence-electron chi connectivity index (χ0n) is 16.3. The Morgan fingerprint density at radius 2 is 1.35 bits per heavy atom. The first-order valence-electron chi connectivity index (χ1n) is 8.55. The molecule has 2 rings (SSSR count). The third-order valence-corrected chi connectivity index (χ3v) is 3.93. The number of benzene rings is 2. The molecule has 140 valence electrons. The second-order valence-electron chi connectivity index (χ2n) is 7.00. The highest BCUT2D eigenvalue weighted by Gasteiger charge is 2.28. The predicted octanol–water partition coefficient (Wildman–Crippen LogP) is 5.21. The van der Waals surface area contributed by atoms with Crippen LogP contribution >= 0.6 is 0 Å². The third-order valence-electron chi connectivity index (χ3n) is 3.93. The zero-order valence-corrected chi connectivity index (χ0v) is 16.3. The number of methoxy groups -OCH3 is 2. The highest BCUT2D eigenvalue weighted by molar-refractivity contribution is 5.89. The van der Waals surface area contributed by atoms with Crippen molar-refractivity contribution in [1.82, 2.24) is 0 Å². The van der Waals surface area contributed by atoms with Crippen molar-refractivity contribution >= 4 is 11.8 Å². The van der Waals surface area contributed by atoms with Crippen LogP contribution in [-0.4, -0.2) is 25.9 Å². The second kappa shape index (κ2) is 8.13. The molecule has 0 aliphatic rings. The van der Waals surface area contributed by atoms with Crippen molar-refractivity contribution in [2.45, 2.75) is 39.3 Å². The van der Waals surface area contributed by atoms with Crippen LogP contribution in [0.4, 0.5) is 10.5 Å². The van der Waals surface area contributed by atoms with Crippen LogP contribution in [0.5, 0.6) is 11.5 Å². The van der Waals surface area contributed by atoms with Gasteiger partial charge in [0.2, 0.25) is 0 Å². The average Bonchev–Trinajstić information content (AvgIpc) is 2.61. The van der Waals surface area contributed by atoms with E-state index in [2.05, 4.69) is 0 Å². The number of nitrogens with zero attached hydrogens (tertiary/aromatic N) is 1. The number of hydrogen-bond donors (Lipinski definition) is 0. The Labute approximate surface area is 155 Å². The van der Waals surface area contributed by atoms with Crippen molar-refractivity contribution in [2.24, 2.45) is 0 Å². The summed E-state index contributed by atoms with van der Waals surface area (Å²) >= 11 is 0. The molecule has 0 heterocycles. The summed E-state index contributed by atoms with van der Waals surface area (Å²) in [4.78, 5) is 14.5. The van der Waals surface area contributed by atoms with E-state index in [9.17, 15) is 4.79 Å². The van der Waals surface area contributed by atoms with Gasteiger partial charge in [-0.3, -0.25) is 4.90 Å². The Bertz CT molecular complexity index is 717. The van der Waals surface area contributed by atoms with Crippen LogP contribution in [0.15, 0.2) is 48.5 Å². The fraction of sp³-hybridized carbons (Fsp3) is 0.381. The summed E-state index contributed by atoms with van der Waals surface area (Å²) < 4.78 is 16.1. The number of ether oxygens (including phenoxy) is 3. The number of carbonyl (C=O) groups is 1. The van der Waals surface area contributed by atoms with Gasteiger partial charge in [0.1, 0.15) is 17.1 Å². The van der Waals surface area contributed by atoms with E-state index in [1.54, 1.807) is 19.1 Å². The van der Waals surface area contributed by atoms with Gasteiger partial charge >= 0.3 is 6.09 Å². The summed E-state index contributed by atoms with van der Waals surface area (Å²) in [5.74, 6) is 1.50. The molecule has 1 amide bonds. The molecule has 0 bridgehead atoms. The minimum Gasteiger partial charge on any atom is -0.497 e. The molecule has 1 atom stereocenters. The molecule has 5 nitrogen and oxygen atoms in total. The maximum Gasteiger partial charge on any atom is 0.415 e. The van der Waals surface area contributed by atoms with Gasteiger partial charge in [-0.15, -0.1) is 0 Å². The molecule has 5 heteroatoms. The highest BCUT2D eigenvalue weighted by Crippen LogP contribution is 2.31.